The highest BCUT2D eigenvalue weighted by Crippen LogP contribution is 2.36. The summed E-state index contributed by atoms with van der Waals surface area (Å²) in [6.07, 6.45) is 0.579. The third kappa shape index (κ3) is 3.88. The van der Waals surface area contributed by atoms with Gasteiger partial charge in [0.15, 0.2) is 0 Å². The highest BCUT2D eigenvalue weighted by molar-refractivity contribution is 6.03. The minimum atomic E-state index is -0.884. The van der Waals surface area contributed by atoms with Gasteiger partial charge in [0.1, 0.15) is 5.69 Å². The average Bonchev–Trinajstić information content (AvgIpc) is 3.38. The van der Waals surface area contributed by atoms with Gasteiger partial charge in [-0.05, 0) is 44.0 Å². The SMILES string of the molecule is COC(=O)NCN1C[C@H](C)n2nc(-c3ccc(C#N)cc3NC(=O)C3(N)CC3)cc2C1=O. The van der Waals surface area contributed by atoms with Crippen LogP contribution in [0.5, 0.6) is 0 Å². The summed E-state index contributed by atoms with van der Waals surface area (Å²) in [5.74, 6) is -0.612. The third-order valence-corrected chi connectivity index (χ3v) is 5.66. The number of fused-ring (bicyclic) bond motifs is 1. The van der Waals surface area contributed by atoms with Gasteiger partial charge in [-0.15, -0.1) is 0 Å². The molecule has 1 saturated carbocycles. The number of carbonyl (C=O) groups excluding carboxylic acids is 3. The van der Waals surface area contributed by atoms with Gasteiger partial charge >= 0.3 is 6.09 Å². The summed E-state index contributed by atoms with van der Waals surface area (Å²) in [4.78, 5) is 38.3. The molecule has 4 rings (SSSR count). The van der Waals surface area contributed by atoms with Crippen LogP contribution in [-0.2, 0) is 9.53 Å². The number of carbonyl (C=O) groups is 3. The Morgan fingerprint density at radius 2 is 2.12 bits per heavy atom. The molecule has 11 heteroatoms. The molecule has 1 aliphatic carbocycles. The lowest BCUT2D eigenvalue weighted by Crippen LogP contribution is -2.47. The quantitative estimate of drug-likeness (QED) is 0.634. The summed E-state index contributed by atoms with van der Waals surface area (Å²) in [6, 6.07) is 8.42. The Morgan fingerprint density at radius 3 is 2.78 bits per heavy atom. The lowest BCUT2D eigenvalue weighted by Gasteiger charge is -2.31. The molecule has 11 nitrogen and oxygen atoms in total. The number of aromatic nitrogens is 2. The molecule has 0 spiro atoms. The molecule has 0 saturated heterocycles. The number of nitrogens with two attached hydrogens (primary N) is 1. The van der Waals surface area contributed by atoms with Crippen molar-refractivity contribution in [3.8, 4) is 17.3 Å². The molecule has 2 heterocycles. The third-order valence-electron chi connectivity index (χ3n) is 5.66. The average molecular weight is 437 g/mol. The summed E-state index contributed by atoms with van der Waals surface area (Å²) >= 11 is 0. The number of nitrogens with zero attached hydrogens (tertiary/aromatic N) is 4. The van der Waals surface area contributed by atoms with Crippen molar-refractivity contribution >= 4 is 23.6 Å². The van der Waals surface area contributed by atoms with Gasteiger partial charge in [-0.2, -0.15) is 10.4 Å². The minimum Gasteiger partial charge on any atom is -0.453 e. The topological polar surface area (TPSA) is 155 Å². The van der Waals surface area contributed by atoms with Crippen molar-refractivity contribution < 1.29 is 19.1 Å². The number of methoxy groups -OCH3 is 1. The number of hydrogen-bond donors (Lipinski definition) is 3. The van der Waals surface area contributed by atoms with Gasteiger partial charge in [0, 0.05) is 12.1 Å². The van der Waals surface area contributed by atoms with E-state index in [1.165, 1.54) is 12.0 Å². The number of rotatable bonds is 5. The molecule has 2 aliphatic rings. The number of anilines is 1. The highest BCUT2D eigenvalue weighted by atomic mass is 16.5. The van der Waals surface area contributed by atoms with Crippen LogP contribution in [0.25, 0.3) is 11.3 Å². The maximum absolute atomic E-state index is 13.0. The van der Waals surface area contributed by atoms with Gasteiger partial charge in [0.2, 0.25) is 5.91 Å². The number of benzene rings is 1. The molecule has 1 atom stereocenters. The molecular formula is C21H23N7O4. The maximum Gasteiger partial charge on any atom is 0.408 e. The van der Waals surface area contributed by atoms with Crippen molar-refractivity contribution in [3.05, 3.63) is 35.5 Å². The summed E-state index contributed by atoms with van der Waals surface area (Å²) in [5.41, 5.74) is 7.30. The maximum atomic E-state index is 13.0. The van der Waals surface area contributed by atoms with Crippen LogP contribution in [0.15, 0.2) is 24.3 Å². The first-order valence-electron chi connectivity index (χ1n) is 10.1. The van der Waals surface area contributed by atoms with Crippen molar-refractivity contribution in [2.75, 3.05) is 25.6 Å². The van der Waals surface area contributed by atoms with Crippen LogP contribution >= 0.6 is 0 Å². The predicted molar refractivity (Wildman–Crippen MR) is 113 cm³/mol. The van der Waals surface area contributed by atoms with Crippen LogP contribution in [0.3, 0.4) is 0 Å². The summed E-state index contributed by atoms with van der Waals surface area (Å²) in [5, 5.41) is 19.2. The molecule has 32 heavy (non-hydrogen) atoms. The minimum absolute atomic E-state index is 0.00706. The van der Waals surface area contributed by atoms with Crippen molar-refractivity contribution in [1.82, 2.24) is 20.0 Å². The second-order valence-electron chi connectivity index (χ2n) is 8.04. The van der Waals surface area contributed by atoms with E-state index >= 15 is 0 Å². The van der Waals surface area contributed by atoms with Gasteiger partial charge in [-0.3, -0.25) is 14.3 Å². The second-order valence-corrected chi connectivity index (χ2v) is 8.04. The summed E-state index contributed by atoms with van der Waals surface area (Å²) in [7, 11) is 1.25. The molecule has 1 aliphatic heterocycles. The van der Waals surface area contributed by atoms with E-state index in [9.17, 15) is 19.6 Å². The largest absolute Gasteiger partial charge is 0.453 e. The summed E-state index contributed by atoms with van der Waals surface area (Å²) in [6.45, 7) is 2.27. The van der Waals surface area contributed by atoms with E-state index in [2.05, 4.69) is 26.5 Å². The normalized spacial score (nSPS) is 18.4. The highest BCUT2D eigenvalue weighted by Gasteiger charge is 2.46. The Kier molecular flexibility index (Phi) is 5.31. The Hall–Kier alpha value is -3.91. The van der Waals surface area contributed by atoms with E-state index < -0.39 is 11.6 Å². The van der Waals surface area contributed by atoms with Gasteiger partial charge in [0.25, 0.3) is 5.91 Å². The van der Waals surface area contributed by atoms with Gasteiger partial charge in [-0.1, -0.05) is 0 Å². The van der Waals surface area contributed by atoms with Gasteiger partial charge in [0.05, 0.1) is 48.4 Å². The molecule has 1 aromatic carbocycles. The number of amides is 3. The fraction of sp³-hybridized carbons (Fsp3) is 0.381. The van der Waals surface area contributed by atoms with Gasteiger partial charge < -0.3 is 26.0 Å². The van der Waals surface area contributed by atoms with Gasteiger partial charge in [-0.25, -0.2) is 4.79 Å². The zero-order valence-corrected chi connectivity index (χ0v) is 17.7. The van der Waals surface area contributed by atoms with Crippen molar-refractivity contribution in [1.29, 1.82) is 5.26 Å². The summed E-state index contributed by atoms with van der Waals surface area (Å²) < 4.78 is 6.18. The van der Waals surface area contributed by atoms with Crippen LogP contribution < -0.4 is 16.4 Å². The molecule has 3 amide bonds. The number of alkyl carbamates (subject to hydrolysis) is 1. The second kappa shape index (κ2) is 7.97. The molecule has 4 N–H and O–H groups in total. The molecular weight excluding hydrogens is 414 g/mol. The molecule has 1 aromatic heterocycles. The van der Waals surface area contributed by atoms with Crippen molar-refractivity contribution in [3.63, 3.8) is 0 Å². The lowest BCUT2D eigenvalue weighted by molar-refractivity contribution is -0.118. The van der Waals surface area contributed by atoms with E-state index in [1.807, 2.05) is 6.92 Å². The molecule has 1 fully saturated rings. The van der Waals surface area contributed by atoms with Crippen LogP contribution in [0.4, 0.5) is 10.5 Å². The monoisotopic (exact) mass is 437 g/mol. The lowest BCUT2D eigenvalue weighted by atomic mass is 10.1. The van der Waals surface area contributed by atoms with Crippen molar-refractivity contribution in [2.45, 2.75) is 31.3 Å². The van der Waals surface area contributed by atoms with E-state index in [-0.39, 0.29) is 24.5 Å². The molecule has 166 valence electrons. The Morgan fingerprint density at radius 1 is 1.38 bits per heavy atom. The Balaban J connectivity index is 1.65. The van der Waals surface area contributed by atoms with E-state index in [0.29, 0.717) is 47.6 Å². The van der Waals surface area contributed by atoms with Crippen LogP contribution in [0, 0.1) is 11.3 Å². The number of nitrogens with one attached hydrogen (secondary N) is 2. The Labute approximate surface area is 184 Å². The number of ether oxygens (including phenoxy) is 1. The molecule has 0 radical (unpaired) electrons. The van der Waals surface area contributed by atoms with E-state index in [4.69, 9.17) is 5.73 Å². The molecule has 0 unspecified atom stereocenters. The molecule has 0 bridgehead atoms. The zero-order chi connectivity index (χ0) is 23.0. The standard InChI is InChI=1S/C21H23N7O4/c1-12-10-27(11-24-20(31)32-2)18(29)17-8-16(26-28(12)17)14-4-3-13(9-22)7-15(14)25-19(30)21(23)5-6-21/h3-4,7-8,12H,5-6,10-11,23H2,1-2H3,(H,24,31)(H,25,30)/t12-/m0/s1. The number of hydrogen-bond acceptors (Lipinski definition) is 7. The van der Waals surface area contributed by atoms with Crippen LogP contribution in [0.1, 0.15) is 41.9 Å². The number of nitriles is 1. The Bertz CT molecular complexity index is 1150. The molecule has 2 aromatic rings. The first-order chi connectivity index (χ1) is 15.3. The van der Waals surface area contributed by atoms with Crippen LogP contribution in [0.2, 0.25) is 0 Å². The predicted octanol–water partition coefficient (Wildman–Crippen LogP) is 1.18. The fourth-order valence-corrected chi connectivity index (χ4v) is 3.58. The first kappa shape index (κ1) is 21.3. The zero-order valence-electron chi connectivity index (χ0n) is 17.7. The smallest absolute Gasteiger partial charge is 0.408 e. The fourth-order valence-electron chi connectivity index (χ4n) is 3.58. The first-order valence-corrected chi connectivity index (χ1v) is 10.1. The van der Waals surface area contributed by atoms with E-state index in [1.54, 1.807) is 28.9 Å². The van der Waals surface area contributed by atoms with E-state index in [0.717, 1.165) is 0 Å². The van der Waals surface area contributed by atoms with Crippen molar-refractivity contribution in [2.24, 2.45) is 5.73 Å². The van der Waals surface area contributed by atoms with Crippen LogP contribution in [-0.4, -0.2) is 58.5 Å².